The lowest BCUT2D eigenvalue weighted by Crippen LogP contribution is -2.51. The highest BCUT2D eigenvalue weighted by Crippen LogP contribution is 2.38. The summed E-state index contributed by atoms with van der Waals surface area (Å²) in [7, 11) is 0. The molecule has 1 N–H and O–H groups in total. The van der Waals surface area contributed by atoms with Crippen molar-refractivity contribution in [2.75, 3.05) is 13.1 Å². The predicted molar refractivity (Wildman–Crippen MR) is 72.3 cm³/mol. The van der Waals surface area contributed by atoms with Crippen molar-refractivity contribution < 1.29 is 4.79 Å². The van der Waals surface area contributed by atoms with Crippen LogP contribution < -0.4 is 5.32 Å². The van der Waals surface area contributed by atoms with Crippen molar-refractivity contribution in [2.24, 2.45) is 11.8 Å². The zero-order valence-electron chi connectivity index (χ0n) is 11.5. The summed E-state index contributed by atoms with van der Waals surface area (Å²) >= 11 is 0. The van der Waals surface area contributed by atoms with Crippen molar-refractivity contribution in [3.63, 3.8) is 0 Å². The molecule has 1 amide bonds. The Labute approximate surface area is 110 Å². The fraction of sp³-hybridized carbons (Fsp3) is 0.933. The van der Waals surface area contributed by atoms with Crippen LogP contribution in [-0.4, -0.2) is 36.0 Å². The van der Waals surface area contributed by atoms with Gasteiger partial charge in [0.05, 0.1) is 0 Å². The largest absolute Gasteiger partial charge is 0.339 e. The molecule has 1 aliphatic carbocycles. The summed E-state index contributed by atoms with van der Waals surface area (Å²) in [5.74, 6) is 1.59. The van der Waals surface area contributed by atoms with Gasteiger partial charge in [-0.2, -0.15) is 0 Å². The van der Waals surface area contributed by atoms with Gasteiger partial charge in [-0.15, -0.1) is 0 Å². The Morgan fingerprint density at radius 1 is 1.17 bits per heavy atom. The first-order valence-corrected chi connectivity index (χ1v) is 7.79. The smallest absolute Gasteiger partial charge is 0.226 e. The number of rotatable bonds is 1. The number of nitrogens with one attached hydrogen (secondary N) is 1. The van der Waals surface area contributed by atoms with Crippen LogP contribution >= 0.6 is 0 Å². The second-order valence-corrected chi connectivity index (χ2v) is 6.51. The van der Waals surface area contributed by atoms with E-state index in [-0.39, 0.29) is 0 Å². The molecule has 102 valence electrons. The lowest BCUT2D eigenvalue weighted by Gasteiger charge is -2.41. The quantitative estimate of drug-likeness (QED) is 0.773. The van der Waals surface area contributed by atoms with E-state index in [1.165, 1.54) is 32.1 Å². The first kappa shape index (κ1) is 12.5. The van der Waals surface area contributed by atoms with Crippen LogP contribution in [0, 0.1) is 11.8 Å². The third-order valence-electron chi connectivity index (χ3n) is 5.25. The van der Waals surface area contributed by atoms with Gasteiger partial charge in [0.15, 0.2) is 0 Å². The van der Waals surface area contributed by atoms with Gasteiger partial charge < -0.3 is 10.2 Å². The Hall–Kier alpha value is -0.570. The van der Waals surface area contributed by atoms with E-state index in [1.54, 1.807) is 0 Å². The van der Waals surface area contributed by atoms with E-state index >= 15 is 0 Å². The van der Waals surface area contributed by atoms with Gasteiger partial charge in [-0.05, 0) is 57.9 Å². The SMILES string of the molecule is CC1CC(C(=O)N2CCCC3CCCC32)CCN1. The first-order valence-electron chi connectivity index (χ1n) is 7.79. The van der Waals surface area contributed by atoms with Crippen molar-refractivity contribution in [3.8, 4) is 0 Å². The molecule has 4 unspecified atom stereocenters. The number of fused-ring (bicyclic) bond motifs is 1. The normalized spacial score (nSPS) is 40.6. The summed E-state index contributed by atoms with van der Waals surface area (Å²) in [5, 5.41) is 3.45. The van der Waals surface area contributed by atoms with Gasteiger partial charge in [-0.3, -0.25) is 4.79 Å². The van der Waals surface area contributed by atoms with E-state index in [1.807, 2.05) is 0 Å². The van der Waals surface area contributed by atoms with Gasteiger partial charge in [-0.25, -0.2) is 0 Å². The Kier molecular flexibility index (Phi) is 3.60. The summed E-state index contributed by atoms with van der Waals surface area (Å²) in [6, 6.07) is 1.10. The molecule has 3 nitrogen and oxygen atoms in total. The number of hydrogen-bond donors (Lipinski definition) is 1. The molecular weight excluding hydrogens is 224 g/mol. The standard InChI is InChI=1S/C15H26N2O/c1-11-10-13(7-8-16-11)15(18)17-9-3-5-12-4-2-6-14(12)17/h11-14,16H,2-10H2,1H3. The molecule has 4 atom stereocenters. The summed E-state index contributed by atoms with van der Waals surface area (Å²) in [6.45, 7) is 4.24. The number of amides is 1. The highest BCUT2D eigenvalue weighted by Gasteiger charge is 2.39. The second kappa shape index (κ2) is 5.20. The van der Waals surface area contributed by atoms with Crippen molar-refractivity contribution in [1.29, 1.82) is 0 Å². The Bertz CT molecular complexity index is 318. The van der Waals surface area contributed by atoms with Gasteiger partial charge in [0.2, 0.25) is 5.91 Å². The van der Waals surface area contributed by atoms with Gasteiger partial charge in [0.25, 0.3) is 0 Å². The van der Waals surface area contributed by atoms with E-state index in [0.29, 0.717) is 23.9 Å². The van der Waals surface area contributed by atoms with Crippen LogP contribution in [0.3, 0.4) is 0 Å². The molecular formula is C15H26N2O. The molecule has 2 aliphatic heterocycles. The number of carbonyl (C=O) groups is 1. The highest BCUT2D eigenvalue weighted by molar-refractivity contribution is 5.79. The average molecular weight is 250 g/mol. The van der Waals surface area contributed by atoms with Gasteiger partial charge in [0.1, 0.15) is 0 Å². The minimum atomic E-state index is 0.292. The molecule has 3 heteroatoms. The van der Waals surface area contributed by atoms with Crippen LogP contribution in [-0.2, 0) is 4.79 Å². The van der Waals surface area contributed by atoms with Crippen LogP contribution in [0.4, 0.5) is 0 Å². The molecule has 0 aromatic carbocycles. The molecule has 0 aromatic heterocycles. The van der Waals surface area contributed by atoms with Crippen molar-refractivity contribution >= 4 is 5.91 Å². The first-order chi connectivity index (χ1) is 8.75. The third-order valence-corrected chi connectivity index (χ3v) is 5.25. The average Bonchev–Trinajstić information content (AvgIpc) is 2.86. The number of hydrogen-bond acceptors (Lipinski definition) is 2. The minimum absolute atomic E-state index is 0.292. The Morgan fingerprint density at radius 3 is 2.83 bits per heavy atom. The monoisotopic (exact) mass is 250 g/mol. The summed E-state index contributed by atoms with van der Waals surface area (Å²) in [4.78, 5) is 15.0. The van der Waals surface area contributed by atoms with E-state index in [2.05, 4.69) is 17.1 Å². The zero-order valence-corrected chi connectivity index (χ0v) is 11.5. The topological polar surface area (TPSA) is 32.3 Å². The maximum absolute atomic E-state index is 12.7. The molecule has 1 saturated carbocycles. The lowest BCUT2D eigenvalue weighted by molar-refractivity contribution is -0.141. The molecule has 0 spiro atoms. The van der Waals surface area contributed by atoms with E-state index in [9.17, 15) is 4.79 Å². The molecule has 2 heterocycles. The number of carbonyl (C=O) groups excluding carboxylic acids is 1. The van der Waals surface area contributed by atoms with E-state index in [4.69, 9.17) is 0 Å². The maximum atomic E-state index is 12.7. The van der Waals surface area contributed by atoms with Crippen LogP contribution in [0.5, 0.6) is 0 Å². The molecule has 3 rings (SSSR count). The van der Waals surface area contributed by atoms with Gasteiger partial charge in [-0.1, -0.05) is 6.42 Å². The third kappa shape index (κ3) is 2.29. The molecule has 3 fully saturated rings. The van der Waals surface area contributed by atoms with Crippen molar-refractivity contribution in [3.05, 3.63) is 0 Å². The van der Waals surface area contributed by atoms with Crippen LogP contribution in [0.1, 0.15) is 51.9 Å². The van der Waals surface area contributed by atoms with Crippen molar-refractivity contribution in [1.82, 2.24) is 10.2 Å². The van der Waals surface area contributed by atoms with Crippen molar-refractivity contribution in [2.45, 2.75) is 64.0 Å². The second-order valence-electron chi connectivity index (χ2n) is 6.51. The van der Waals surface area contributed by atoms with E-state index < -0.39 is 0 Å². The Morgan fingerprint density at radius 2 is 2.00 bits per heavy atom. The fourth-order valence-corrected chi connectivity index (χ4v) is 4.32. The minimum Gasteiger partial charge on any atom is -0.339 e. The molecule has 0 aromatic rings. The molecule has 18 heavy (non-hydrogen) atoms. The molecule has 2 saturated heterocycles. The highest BCUT2D eigenvalue weighted by atomic mass is 16.2. The summed E-state index contributed by atoms with van der Waals surface area (Å²) in [6.07, 6.45) is 8.62. The number of piperidine rings is 2. The van der Waals surface area contributed by atoms with Gasteiger partial charge in [0, 0.05) is 24.5 Å². The molecule has 0 bridgehead atoms. The van der Waals surface area contributed by atoms with Gasteiger partial charge >= 0.3 is 0 Å². The number of likely N-dealkylation sites (tertiary alicyclic amines) is 1. The predicted octanol–water partition coefficient (Wildman–Crippen LogP) is 2.17. The summed E-state index contributed by atoms with van der Waals surface area (Å²) in [5.41, 5.74) is 0. The number of nitrogens with zero attached hydrogens (tertiary/aromatic N) is 1. The van der Waals surface area contributed by atoms with Crippen LogP contribution in [0.25, 0.3) is 0 Å². The van der Waals surface area contributed by atoms with Crippen LogP contribution in [0.15, 0.2) is 0 Å². The van der Waals surface area contributed by atoms with E-state index in [0.717, 1.165) is 31.8 Å². The fourth-order valence-electron chi connectivity index (χ4n) is 4.32. The molecule has 0 radical (unpaired) electrons. The zero-order chi connectivity index (χ0) is 12.5. The molecule has 3 aliphatic rings. The van der Waals surface area contributed by atoms with Crippen LogP contribution in [0.2, 0.25) is 0 Å². The lowest BCUT2D eigenvalue weighted by atomic mass is 9.87. The Balaban J connectivity index is 1.67. The summed E-state index contributed by atoms with van der Waals surface area (Å²) < 4.78 is 0. The maximum Gasteiger partial charge on any atom is 0.226 e.